The van der Waals surface area contributed by atoms with E-state index in [4.69, 9.17) is 4.74 Å². The Balaban J connectivity index is 2.37. The van der Waals surface area contributed by atoms with Gasteiger partial charge in [-0.05, 0) is 31.7 Å². The Morgan fingerprint density at radius 3 is 2.73 bits per heavy atom. The Morgan fingerprint density at radius 1 is 1.53 bits per heavy atom. The molecule has 0 radical (unpaired) electrons. The van der Waals surface area contributed by atoms with Crippen molar-refractivity contribution in [3.63, 3.8) is 0 Å². The summed E-state index contributed by atoms with van der Waals surface area (Å²) in [6, 6.07) is 0. The Bertz CT molecular complexity index is 208. The molecule has 15 heavy (non-hydrogen) atoms. The fourth-order valence-electron chi connectivity index (χ4n) is 1.90. The number of hydrogen-bond donors (Lipinski definition) is 1. The molecule has 0 aromatic carbocycles. The second kappa shape index (κ2) is 5.50. The summed E-state index contributed by atoms with van der Waals surface area (Å²) >= 11 is 0. The second-order valence-electron chi connectivity index (χ2n) is 4.88. The molecule has 1 aliphatic heterocycles. The minimum Gasteiger partial charge on any atom is -0.465 e. The summed E-state index contributed by atoms with van der Waals surface area (Å²) in [4.78, 5) is 11.9. The number of nitrogens with one attached hydrogen (secondary N) is 1. The van der Waals surface area contributed by atoms with E-state index in [1.54, 1.807) is 0 Å². The molecule has 0 aromatic rings. The second-order valence-corrected chi connectivity index (χ2v) is 4.88. The highest BCUT2D eigenvalue weighted by atomic mass is 16.5. The maximum Gasteiger partial charge on any atom is 0.313 e. The van der Waals surface area contributed by atoms with Gasteiger partial charge in [-0.3, -0.25) is 4.79 Å². The molecule has 0 aromatic heterocycles. The first-order valence-corrected chi connectivity index (χ1v) is 5.98. The Hall–Kier alpha value is -0.570. The smallest absolute Gasteiger partial charge is 0.313 e. The Labute approximate surface area is 92.6 Å². The molecule has 1 unspecified atom stereocenters. The van der Waals surface area contributed by atoms with Gasteiger partial charge in [0.25, 0.3) is 0 Å². The Morgan fingerprint density at radius 2 is 2.27 bits per heavy atom. The van der Waals surface area contributed by atoms with Crippen molar-refractivity contribution in [3.05, 3.63) is 0 Å². The van der Waals surface area contributed by atoms with Crippen LogP contribution in [0.2, 0.25) is 0 Å². The van der Waals surface area contributed by atoms with Crippen LogP contribution in [0.1, 0.15) is 40.0 Å². The molecule has 1 rings (SSSR count). The number of esters is 1. The SMILES string of the molecule is CCC1(C(=O)OCCC(C)C)CCNC1. The van der Waals surface area contributed by atoms with Crippen LogP contribution in [0.25, 0.3) is 0 Å². The third-order valence-electron chi connectivity index (χ3n) is 3.28. The Kier molecular flexibility index (Phi) is 4.58. The summed E-state index contributed by atoms with van der Waals surface area (Å²) in [5.41, 5.74) is -0.239. The van der Waals surface area contributed by atoms with E-state index >= 15 is 0 Å². The van der Waals surface area contributed by atoms with Crippen LogP contribution in [0.5, 0.6) is 0 Å². The fraction of sp³-hybridized carbons (Fsp3) is 0.917. The molecule has 3 heteroatoms. The molecule has 3 nitrogen and oxygen atoms in total. The van der Waals surface area contributed by atoms with Crippen LogP contribution in [0.3, 0.4) is 0 Å². The number of hydrogen-bond acceptors (Lipinski definition) is 3. The molecule has 1 atom stereocenters. The molecule has 1 heterocycles. The zero-order valence-corrected chi connectivity index (χ0v) is 10.1. The van der Waals surface area contributed by atoms with Gasteiger partial charge in [-0.15, -0.1) is 0 Å². The predicted molar refractivity (Wildman–Crippen MR) is 60.6 cm³/mol. The van der Waals surface area contributed by atoms with Crippen LogP contribution < -0.4 is 5.32 Å². The summed E-state index contributed by atoms with van der Waals surface area (Å²) in [7, 11) is 0. The average Bonchev–Trinajstić information content (AvgIpc) is 2.66. The quantitative estimate of drug-likeness (QED) is 0.710. The van der Waals surface area contributed by atoms with E-state index in [0.717, 1.165) is 32.4 Å². The maximum absolute atomic E-state index is 11.9. The van der Waals surface area contributed by atoms with Crippen LogP contribution in [-0.2, 0) is 9.53 Å². The topological polar surface area (TPSA) is 38.3 Å². The minimum atomic E-state index is -0.239. The molecule has 1 saturated heterocycles. The molecule has 88 valence electrons. The van der Waals surface area contributed by atoms with Crippen molar-refractivity contribution < 1.29 is 9.53 Å². The molecule has 1 aliphatic rings. The predicted octanol–water partition coefficient (Wildman–Crippen LogP) is 1.97. The molecule has 0 aliphatic carbocycles. The number of ether oxygens (including phenoxy) is 1. The lowest BCUT2D eigenvalue weighted by molar-refractivity contribution is -0.155. The molecule has 0 spiro atoms. The van der Waals surface area contributed by atoms with Crippen LogP contribution in [-0.4, -0.2) is 25.7 Å². The zero-order chi connectivity index (χ0) is 11.3. The van der Waals surface area contributed by atoms with Gasteiger partial charge in [-0.2, -0.15) is 0 Å². The summed E-state index contributed by atoms with van der Waals surface area (Å²) in [6.07, 6.45) is 2.75. The van der Waals surface area contributed by atoms with Gasteiger partial charge in [-0.1, -0.05) is 20.8 Å². The van der Waals surface area contributed by atoms with Crippen LogP contribution >= 0.6 is 0 Å². The number of rotatable bonds is 5. The van der Waals surface area contributed by atoms with Crippen molar-refractivity contribution in [2.45, 2.75) is 40.0 Å². The van der Waals surface area contributed by atoms with Crippen LogP contribution in [0.4, 0.5) is 0 Å². The minimum absolute atomic E-state index is 0.00403. The molecule has 0 amide bonds. The van der Waals surface area contributed by atoms with Gasteiger partial charge < -0.3 is 10.1 Å². The van der Waals surface area contributed by atoms with Gasteiger partial charge >= 0.3 is 5.97 Å². The van der Waals surface area contributed by atoms with Crippen molar-refractivity contribution in [3.8, 4) is 0 Å². The standard InChI is InChI=1S/C12H23NO2/c1-4-12(6-7-13-9-12)11(14)15-8-5-10(2)3/h10,13H,4-9H2,1-3H3. The van der Waals surface area contributed by atoms with Crippen LogP contribution in [0, 0.1) is 11.3 Å². The maximum atomic E-state index is 11.9. The number of carbonyl (C=O) groups excluding carboxylic acids is 1. The third-order valence-corrected chi connectivity index (χ3v) is 3.28. The van der Waals surface area contributed by atoms with Crippen molar-refractivity contribution in [1.82, 2.24) is 5.32 Å². The van der Waals surface area contributed by atoms with Gasteiger partial charge in [0.05, 0.1) is 12.0 Å². The highest BCUT2D eigenvalue weighted by molar-refractivity contribution is 5.77. The van der Waals surface area contributed by atoms with Crippen molar-refractivity contribution in [2.24, 2.45) is 11.3 Å². The van der Waals surface area contributed by atoms with Gasteiger partial charge in [-0.25, -0.2) is 0 Å². The highest BCUT2D eigenvalue weighted by Gasteiger charge is 2.40. The summed E-state index contributed by atoms with van der Waals surface area (Å²) < 4.78 is 5.35. The monoisotopic (exact) mass is 213 g/mol. The average molecular weight is 213 g/mol. The first kappa shape index (κ1) is 12.5. The van der Waals surface area contributed by atoms with E-state index in [2.05, 4.69) is 26.1 Å². The van der Waals surface area contributed by atoms with Crippen molar-refractivity contribution >= 4 is 5.97 Å². The molecule has 0 bridgehead atoms. The first-order valence-electron chi connectivity index (χ1n) is 5.98. The van der Waals surface area contributed by atoms with Gasteiger partial charge in [0.15, 0.2) is 0 Å². The molecule has 1 fully saturated rings. The van der Waals surface area contributed by atoms with E-state index in [1.165, 1.54) is 0 Å². The van der Waals surface area contributed by atoms with Gasteiger partial charge in [0.2, 0.25) is 0 Å². The molecular formula is C12H23NO2. The van der Waals surface area contributed by atoms with E-state index in [-0.39, 0.29) is 11.4 Å². The van der Waals surface area contributed by atoms with Gasteiger partial charge in [0, 0.05) is 6.54 Å². The van der Waals surface area contributed by atoms with Crippen molar-refractivity contribution in [2.75, 3.05) is 19.7 Å². The third kappa shape index (κ3) is 3.20. The fourth-order valence-corrected chi connectivity index (χ4v) is 1.90. The lowest BCUT2D eigenvalue weighted by atomic mass is 9.84. The highest BCUT2D eigenvalue weighted by Crippen LogP contribution is 2.30. The van der Waals surface area contributed by atoms with E-state index in [1.807, 2.05) is 0 Å². The first-order chi connectivity index (χ1) is 7.10. The number of carbonyl (C=O) groups is 1. The molecule has 0 saturated carbocycles. The molecular weight excluding hydrogens is 190 g/mol. The molecule has 1 N–H and O–H groups in total. The summed E-state index contributed by atoms with van der Waals surface area (Å²) in [5, 5.41) is 3.24. The van der Waals surface area contributed by atoms with E-state index in [9.17, 15) is 4.79 Å². The summed E-state index contributed by atoms with van der Waals surface area (Å²) in [5.74, 6) is 0.590. The zero-order valence-electron chi connectivity index (χ0n) is 10.1. The normalized spacial score (nSPS) is 25.9. The van der Waals surface area contributed by atoms with E-state index < -0.39 is 0 Å². The van der Waals surface area contributed by atoms with E-state index in [0.29, 0.717) is 12.5 Å². The van der Waals surface area contributed by atoms with Gasteiger partial charge in [0.1, 0.15) is 0 Å². The lowest BCUT2D eigenvalue weighted by Gasteiger charge is -2.24. The largest absolute Gasteiger partial charge is 0.465 e. The van der Waals surface area contributed by atoms with Crippen LogP contribution in [0.15, 0.2) is 0 Å². The summed E-state index contributed by atoms with van der Waals surface area (Å²) in [6.45, 7) is 8.63. The van der Waals surface area contributed by atoms with Crippen molar-refractivity contribution in [1.29, 1.82) is 0 Å². The lowest BCUT2D eigenvalue weighted by Crippen LogP contribution is -2.34.